The van der Waals surface area contributed by atoms with Gasteiger partial charge in [-0.25, -0.2) is 0 Å². The van der Waals surface area contributed by atoms with Crippen molar-refractivity contribution >= 4 is 17.7 Å². The van der Waals surface area contributed by atoms with Crippen molar-refractivity contribution in [3.05, 3.63) is 29.3 Å². The average molecular weight is 265 g/mol. The summed E-state index contributed by atoms with van der Waals surface area (Å²) in [5, 5.41) is 10.2. The topological polar surface area (TPSA) is 40.5 Å². The zero-order chi connectivity index (χ0) is 13.1. The Morgan fingerprint density at radius 1 is 1.56 bits per heavy atom. The number of carbonyl (C=O) groups is 1. The highest BCUT2D eigenvalue weighted by molar-refractivity contribution is 8.00. The Morgan fingerprint density at radius 2 is 2.33 bits per heavy atom. The molecule has 3 nitrogen and oxygen atoms in total. The van der Waals surface area contributed by atoms with E-state index in [0.717, 1.165) is 25.3 Å². The molecule has 1 unspecified atom stereocenters. The van der Waals surface area contributed by atoms with Crippen LogP contribution in [0.5, 0.6) is 5.75 Å². The Kier molecular flexibility index (Phi) is 4.17. The zero-order valence-electron chi connectivity index (χ0n) is 10.8. The fourth-order valence-corrected chi connectivity index (χ4v) is 3.36. The molecule has 1 amide bonds. The molecule has 4 heteroatoms. The minimum atomic E-state index is 0.0437. The standard InChI is InChI=1S/C14H19NO2S/c1-3-11-9-15(7-8-18-11)14(17)12-5-4-6-13(16)10(12)2/h4-6,11,16H,3,7-9H2,1-2H3. The lowest BCUT2D eigenvalue weighted by Crippen LogP contribution is -2.42. The SMILES string of the molecule is CCC1CN(C(=O)c2cccc(O)c2C)CCS1. The van der Waals surface area contributed by atoms with Crippen LogP contribution in [0.15, 0.2) is 18.2 Å². The smallest absolute Gasteiger partial charge is 0.254 e. The average Bonchev–Trinajstić information content (AvgIpc) is 2.41. The normalized spacial score (nSPS) is 19.9. The Bertz CT molecular complexity index is 447. The number of benzene rings is 1. The summed E-state index contributed by atoms with van der Waals surface area (Å²) in [4.78, 5) is 14.3. The lowest BCUT2D eigenvalue weighted by molar-refractivity contribution is 0.0759. The van der Waals surface area contributed by atoms with Gasteiger partial charge in [-0.2, -0.15) is 11.8 Å². The first-order valence-corrected chi connectivity index (χ1v) is 7.37. The van der Waals surface area contributed by atoms with Crippen LogP contribution in [0.25, 0.3) is 0 Å². The Hall–Kier alpha value is -1.16. The maximum atomic E-state index is 12.4. The number of carbonyl (C=O) groups excluding carboxylic acids is 1. The van der Waals surface area contributed by atoms with Crippen molar-refractivity contribution in [1.82, 2.24) is 4.90 Å². The fraction of sp³-hybridized carbons (Fsp3) is 0.500. The van der Waals surface area contributed by atoms with Crippen molar-refractivity contribution in [3.8, 4) is 5.75 Å². The molecule has 98 valence electrons. The van der Waals surface area contributed by atoms with E-state index in [9.17, 15) is 9.90 Å². The van der Waals surface area contributed by atoms with Gasteiger partial charge in [-0.05, 0) is 25.5 Å². The van der Waals surface area contributed by atoms with Gasteiger partial charge in [0.2, 0.25) is 0 Å². The van der Waals surface area contributed by atoms with E-state index in [4.69, 9.17) is 0 Å². The number of nitrogens with zero attached hydrogens (tertiary/aromatic N) is 1. The van der Waals surface area contributed by atoms with Crippen LogP contribution in [0.2, 0.25) is 0 Å². The number of rotatable bonds is 2. The molecule has 0 spiro atoms. The molecule has 1 aliphatic heterocycles. The quantitative estimate of drug-likeness (QED) is 0.893. The van der Waals surface area contributed by atoms with E-state index in [-0.39, 0.29) is 11.7 Å². The molecule has 0 saturated carbocycles. The number of aromatic hydroxyl groups is 1. The molecule has 0 aliphatic carbocycles. The maximum absolute atomic E-state index is 12.4. The van der Waals surface area contributed by atoms with Gasteiger partial charge in [0, 0.05) is 35.2 Å². The van der Waals surface area contributed by atoms with E-state index < -0.39 is 0 Å². The van der Waals surface area contributed by atoms with Gasteiger partial charge >= 0.3 is 0 Å². The first-order valence-electron chi connectivity index (χ1n) is 6.33. The van der Waals surface area contributed by atoms with Gasteiger partial charge in [-0.1, -0.05) is 13.0 Å². The van der Waals surface area contributed by atoms with Gasteiger partial charge in [0.1, 0.15) is 5.75 Å². The molecular weight excluding hydrogens is 246 g/mol. The first-order chi connectivity index (χ1) is 8.63. The third-order valence-electron chi connectivity index (χ3n) is 3.42. The van der Waals surface area contributed by atoms with E-state index in [2.05, 4.69) is 6.92 Å². The predicted octanol–water partition coefficient (Wildman–Crippen LogP) is 2.67. The molecule has 18 heavy (non-hydrogen) atoms. The van der Waals surface area contributed by atoms with Gasteiger partial charge in [0.15, 0.2) is 0 Å². The van der Waals surface area contributed by atoms with Crippen LogP contribution in [0, 0.1) is 6.92 Å². The highest BCUT2D eigenvalue weighted by atomic mass is 32.2. The minimum absolute atomic E-state index is 0.0437. The second-order valence-electron chi connectivity index (χ2n) is 4.60. The summed E-state index contributed by atoms with van der Waals surface area (Å²) in [6, 6.07) is 5.14. The summed E-state index contributed by atoms with van der Waals surface area (Å²) < 4.78 is 0. The summed E-state index contributed by atoms with van der Waals surface area (Å²) in [6.07, 6.45) is 1.09. The molecule has 1 aromatic carbocycles. The third-order valence-corrected chi connectivity index (χ3v) is 4.79. The molecule has 1 aromatic rings. The Labute approximate surface area is 112 Å². The van der Waals surface area contributed by atoms with Crippen molar-refractivity contribution in [1.29, 1.82) is 0 Å². The van der Waals surface area contributed by atoms with E-state index in [0.29, 0.717) is 16.4 Å². The van der Waals surface area contributed by atoms with Crippen LogP contribution in [0.3, 0.4) is 0 Å². The van der Waals surface area contributed by atoms with Crippen molar-refractivity contribution in [2.24, 2.45) is 0 Å². The summed E-state index contributed by atoms with van der Waals surface area (Å²) >= 11 is 1.94. The molecule has 2 rings (SSSR count). The van der Waals surface area contributed by atoms with E-state index in [1.165, 1.54) is 0 Å². The van der Waals surface area contributed by atoms with Gasteiger partial charge in [0.05, 0.1) is 0 Å². The highest BCUT2D eigenvalue weighted by Crippen LogP contribution is 2.25. The predicted molar refractivity (Wildman–Crippen MR) is 75.3 cm³/mol. The molecule has 0 radical (unpaired) electrons. The first kappa shape index (κ1) is 13.3. The number of hydrogen-bond donors (Lipinski definition) is 1. The molecule has 0 bridgehead atoms. The maximum Gasteiger partial charge on any atom is 0.254 e. The summed E-state index contributed by atoms with van der Waals surface area (Å²) in [6.45, 7) is 5.56. The van der Waals surface area contributed by atoms with Gasteiger partial charge in [-0.15, -0.1) is 0 Å². The Balaban J connectivity index is 2.18. The van der Waals surface area contributed by atoms with Gasteiger partial charge in [0.25, 0.3) is 5.91 Å². The second kappa shape index (κ2) is 5.65. The molecule has 1 N–H and O–H groups in total. The van der Waals surface area contributed by atoms with Gasteiger partial charge in [-0.3, -0.25) is 4.79 Å². The molecular formula is C14H19NO2S. The summed E-state index contributed by atoms with van der Waals surface area (Å²) in [5.41, 5.74) is 1.30. The van der Waals surface area contributed by atoms with Crippen molar-refractivity contribution < 1.29 is 9.90 Å². The monoisotopic (exact) mass is 265 g/mol. The van der Waals surface area contributed by atoms with Crippen molar-refractivity contribution in [2.45, 2.75) is 25.5 Å². The number of amides is 1. The molecule has 1 saturated heterocycles. The van der Waals surface area contributed by atoms with Gasteiger partial charge < -0.3 is 10.0 Å². The molecule has 1 heterocycles. The molecule has 1 atom stereocenters. The van der Waals surface area contributed by atoms with E-state index >= 15 is 0 Å². The Morgan fingerprint density at radius 3 is 3.06 bits per heavy atom. The lowest BCUT2D eigenvalue weighted by Gasteiger charge is -2.32. The number of phenolic OH excluding ortho intramolecular Hbond substituents is 1. The van der Waals surface area contributed by atoms with Crippen LogP contribution in [0.1, 0.15) is 29.3 Å². The molecule has 1 fully saturated rings. The van der Waals surface area contributed by atoms with Crippen LogP contribution < -0.4 is 0 Å². The van der Waals surface area contributed by atoms with Crippen LogP contribution in [-0.2, 0) is 0 Å². The third kappa shape index (κ3) is 2.64. The second-order valence-corrected chi connectivity index (χ2v) is 6.01. The highest BCUT2D eigenvalue weighted by Gasteiger charge is 2.25. The van der Waals surface area contributed by atoms with Crippen molar-refractivity contribution in [2.75, 3.05) is 18.8 Å². The number of phenols is 1. The minimum Gasteiger partial charge on any atom is -0.508 e. The number of thioether (sulfide) groups is 1. The largest absolute Gasteiger partial charge is 0.508 e. The fourth-order valence-electron chi connectivity index (χ4n) is 2.18. The number of hydrogen-bond acceptors (Lipinski definition) is 3. The van der Waals surface area contributed by atoms with E-state index in [1.54, 1.807) is 25.1 Å². The molecule has 0 aromatic heterocycles. The summed E-state index contributed by atoms with van der Waals surface area (Å²) in [5.74, 6) is 1.24. The van der Waals surface area contributed by atoms with Crippen molar-refractivity contribution in [3.63, 3.8) is 0 Å². The van der Waals surface area contributed by atoms with E-state index in [1.807, 2.05) is 16.7 Å². The van der Waals surface area contributed by atoms with Crippen LogP contribution in [-0.4, -0.2) is 40.0 Å². The summed E-state index contributed by atoms with van der Waals surface area (Å²) in [7, 11) is 0. The zero-order valence-corrected chi connectivity index (χ0v) is 11.7. The molecule has 1 aliphatic rings. The van der Waals surface area contributed by atoms with Crippen LogP contribution >= 0.6 is 11.8 Å². The van der Waals surface area contributed by atoms with Crippen LogP contribution in [0.4, 0.5) is 0 Å². The lowest BCUT2D eigenvalue weighted by atomic mass is 10.1.